The number of aromatic nitrogens is 1. The number of nitrogens with zero attached hydrogens (tertiary/aromatic N) is 5. The lowest BCUT2D eigenvalue weighted by Crippen LogP contribution is -2.49. The quantitative estimate of drug-likeness (QED) is 0.828. The number of likely N-dealkylation sites (N-methyl/N-ethyl adjacent to an activating group) is 1. The molecule has 3 aliphatic rings. The molecule has 5 heteroatoms. The molecular weight excluding hydrogens is 310 g/mol. The van der Waals surface area contributed by atoms with Crippen molar-refractivity contribution in [3.63, 3.8) is 0 Å². The molecule has 25 heavy (non-hydrogen) atoms. The average Bonchev–Trinajstić information content (AvgIpc) is 3.12. The Labute approximate surface area is 152 Å². The molecule has 2 atom stereocenters. The second kappa shape index (κ2) is 8.02. The lowest BCUT2D eigenvalue weighted by atomic mass is 10.1. The van der Waals surface area contributed by atoms with Crippen molar-refractivity contribution in [3.05, 3.63) is 24.4 Å². The summed E-state index contributed by atoms with van der Waals surface area (Å²) in [7, 11) is 2.25. The van der Waals surface area contributed by atoms with E-state index in [4.69, 9.17) is 0 Å². The van der Waals surface area contributed by atoms with Crippen LogP contribution in [0.5, 0.6) is 0 Å². The first kappa shape index (κ1) is 17.3. The van der Waals surface area contributed by atoms with Gasteiger partial charge in [-0.3, -0.25) is 9.80 Å². The smallest absolute Gasteiger partial charge is 0.128 e. The third kappa shape index (κ3) is 4.33. The minimum absolute atomic E-state index is 0.855. The first-order valence-corrected chi connectivity index (χ1v) is 10.1. The van der Waals surface area contributed by atoms with Crippen LogP contribution in [0.2, 0.25) is 0 Å². The summed E-state index contributed by atoms with van der Waals surface area (Å²) < 4.78 is 0. The van der Waals surface area contributed by atoms with Crippen molar-refractivity contribution >= 4 is 5.82 Å². The van der Waals surface area contributed by atoms with Crippen molar-refractivity contribution in [2.75, 3.05) is 70.9 Å². The van der Waals surface area contributed by atoms with Crippen LogP contribution in [-0.2, 0) is 0 Å². The average molecular weight is 344 g/mol. The molecule has 0 bridgehead atoms. The zero-order chi connectivity index (χ0) is 17.1. The molecule has 138 valence electrons. The summed E-state index contributed by atoms with van der Waals surface area (Å²) in [6, 6.07) is 7.07. The van der Waals surface area contributed by atoms with E-state index in [0.717, 1.165) is 30.9 Å². The van der Waals surface area contributed by atoms with Gasteiger partial charge in [0.2, 0.25) is 0 Å². The summed E-state index contributed by atoms with van der Waals surface area (Å²) in [5.74, 6) is 2.05. The fraction of sp³-hybridized carbons (Fsp3) is 0.750. The van der Waals surface area contributed by atoms with Gasteiger partial charge in [-0.2, -0.15) is 0 Å². The highest BCUT2D eigenvalue weighted by Crippen LogP contribution is 2.31. The fourth-order valence-electron chi connectivity index (χ4n) is 4.80. The van der Waals surface area contributed by atoms with Gasteiger partial charge >= 0.3 is 0 Å². The van der Waals surface area contributed by atoms with Crippen LogP contribution in [0, 0.1) is 5.92 Å². The van der Waals surface area contributed by atoms with Gasteiger partial charge < -0.3 is 9.80 Å². The van der Waals surface area contributed by atoms with Gasteiger partial charge in [-0.15, -0.1) is 0 Å². The second-order valence-corrected chi connectivity index (χ2v) is 8.15. The minimum Gasteiger partial charge on any atom is -0.354 e. The molecule has 0 radical (unpaired) electrons. The minimum atomic E-state index is 0.855. The van der Waals surface area contributed by atoms with Crippen LogP contribution < -0.4 is 4.90 Å². The van der Waals surface area contributed by atoms with Gasteiger partial charge in [-0.1, -0.05) is 6.07 Å². The van der Waals surface area contributed by atoms with Gasteiger partial charge in [-0.25, -0.2) is 4.98 Å². The molecule has 1 saturated carbocycles. The number of anilines is 1. The topological polar surface area (TPSA) is 25.9 Å². The van der Waals surface area contributed by atoms with Crippen molar-refractivity contribution in [2.24, 2.45) is 5.92 Å². The van der Waals surface area contributed by atoms with Crippen LogP contribution in [-0.4, -0.2) is 91.7 Å². The zero-order valence-electron chi connectivity index (χ0n) is 15.7. The zero-order valence-corrected chi connectivity index (χ0v) is 15.7. The standard InChI is InChI=1S/C20H33N5/c1-22-8-12-24(13-9-22)19-6-5-18(16-19)17-23-10-14-25(15-11-23)20-4-2-3-7-21-20/h2-4,7,18-19H,5-6,8-17H2,1H3. The maximum absolute atomic E-state index is 4.50. The molecule has 3 heterocycles. The molecule has 2 aliphatic heterocycles. The highest BCUT2D eigenvalue weighted by Gasteiger charge is 2.32. The van der Waals surface area contributed by atoms with Crippen LogP contribution in [0.3, 0.4) is 0 Å². The third-order valence-corrected chi connectivity index (χ3v) is 6.43. The van der Waals surface area contributed by atoms with E-state index in [1.807, 2.05) is 12.3 Å². The Morgan fingerprint density at radius 2 is 1.76 bits per heavy atom. The lowest BCUT2D eigenvalue weighted by molar-refractivity contribution is 0.110. The second-order valence-electron chi connectivity index (χ2n) is 8.15. The van der Waals surface area contributed by atoms with Gasteiger partial charge in [0, 0.05) is 71.1 Å². The maximum atomic E-state index is 4.50. The molecule has 4 rings (SSSR count). The van der Waals surface area contributed by atoms with Crippen LogP contribution >= 0.6 is 0 Å². The SMILES string of the molecule is CN1CCN(C2CCC(CN3CCN(c4ccccn4)CC3)C2)CC1. The van der Waals surface area contributed by atoms with Gasteiger partial charge in [0.1, 0.15) is 5.82 Å². The molecule has 3 fully saturated rings. The van der Waals surface area contributed by atoms with Crippen molar-refractivity contribution in [3.8, 4) is 0 Å². The summed E-state index contributed by atoms with van der Waals surface area (Å²) in [4.78, 5) is 14.8. The lowest BCUT2D eigenvalue weighted by Gasteiger charge is -2.37. The van der Waals surface area contributed by atoms with Crippen LogP contribution in [0.4, 0.5) is 5.82 Å². The number of pyridine rings is 1. The van der Waals surface area contributed by atoms with Crippen LogP contribution in [0.1, 0.15) is 19.3 Å². The fourth-order valence-corrected chi connectivity index (χ4v) is 4.80. The Morgan fingerprint density at radius 1 is 0.960 bits per heavy atom. The first-order chi connectivity index (χ1) is 12.3. The molecule has 5 nitrogen and oxygen atoms in total. The summed E-state index contributed by atoms with van der Waals surface area (Å²) in [6.45, 7) is 11.0. The number of piperazine rings is 2. The van der Waals surface area contributed by atoms with E-state index >= 15 is 0 Å². The van der Waals surface area contributed by atoms with Crippen molar-refractivity contribution in [1.82, 2.24) is 19.7 Å². The summed E-state index contributed by atoms with van der Waals surface area (Å²) >= 11 is 0. The maximum Gasteiger partial charge on any atom is 0.128 e. The predicted molar refractivity (Wildman–Crippen MR) is 103 cm³/mol. The molecule has 0 N–H and O–H groups in total. The van der Waals surface area contributed by atoms with Crippen LogP contribution in [0.25, 0.3) is 0 Å². The van der Waals surface area contributed by atoms with Gasteiger partial charge in [0.25, 0.3) is 0 Å². The highest BCUT2D eigenvalue weighted by atomic mass is 15.3. The predicted octanol–water partition coefficient (Wildman–Crippen LogP) is 1.62. The van der Waals surface area contributed by atoms with Gasteiger partial charge in [0.15, 0.2) is 0 Å². The molecule has 1 aromatic heterocycles. The van der Waals surface area contributed by atoms with Crippen molar-refractivity contribution in [1.29, 1.82) is 0 Å². The van der Waals surface area contributed by atoms with E-state index < -0.39 is 0 Å². The van der Waals surface area contributed by atoms with Crippen molar-refractivity contribution in [2.45, 2.75) is 25.3 Å². The molecule has 0 spiro atoms. The Kier molecular flexibility index (Phi) is 5.54. The Hall–Kier alpha value is -1.17. The van der Waals surface area contributed by atoms with E-state index in [0.29, 0.717) is 0 Å². The van der Waals surface area contributed by atoms with Gasteiger partial charge in [-0.05, 0) is 44.4 Å². The molecule has 2 unspecified atom stereocenters. The van der Waals surface area contributed by atoms with E-state index in [1.54, 1.807) is 0 Å². The largest absolute Gasteiger partial charge is 0.354 e. The van der Waals surface area contributed by atoms with Crippen LogP contribution in [0.15, 0.2) is 24.4 Å². The first-order valence-electron chi connectivity index (χ1n) is 10.1. The molecular formula is C20H33N5. The monoisotopic (exact) mass is 343 g/mol. The van der Waals surface area contributed by atoms with E-state index in [1.165, 1.54) is 65.1 Å². The van der Waals surface area contributed by atoms with Crippen molar-refractivity contribution < 1.29 is 0 Å². The number of hydrogen-bond donors (Lipinski definition) is 0. The van der Waals surface area contributed by atoms with Gasteiger partial charge in [0.05, 0.1) is 0 Å². The number of hydrogen-bond acceptors (Lipinski definition) is 5. The van der Waals surface area contributed by atoms with E-state index in [2.05, 4.69) is 43.8 Å². The molecule has 2 saturated heterocycles. The summed E-state index contributed by atoms with van der Waals surface area (Å²) in [5.41, 5.74) is 0. The Balaban J connectivity index is 1.20. The highest BCUT2D eigenvalue weighted by molar-refractivity contribution is 5.38. The summed E-state index contributed by atoms with van der Waals surface area (Å²) in [6.07, 6.45) is 6.17. The summed E-state index contributed by atoms with van der Waals surface area (Å²) in [5, 5.41) is 0. The normalized spacial score (nSPS) is 30.0. The Morgan fingerprint density at radius 3 is 2.48 bits per heavy atom. The molecule has 0 amide bonds. The molecule has 1 aliphatic carbocycles. The molecule has 1 aromatic rings. The third-order valence-electron chi connectivity index (χ3n) is 6.43. The molecule has 0 aromatic carbocycles. The van der Waals surface area contributed by atoms with E-state index in [-0.39, 0.29) is 0 Å². The Bertz CT molecular complexity index is 520. The number of rotatable bonds is 4. The van der Waals surface area contributed by atoms with E-state index in [9.17, 15) is 0 Å².